The molecule has 2 atom stereocenters. The van der Waals surface area contributed by atoms with Gasteiger partial charge in [-0.3, -0.25) is 4.79 Å². The number of nitrogens with one attached hydrogen (secondary N) is 1. The Kier molecular flexibility index (Phi) is 6.48. The van der Waals surface area contributed by atoms with E-state index in [9.17, 15) is 4.79 Å². The second-order valence-electron chi connectivity index (χ2n) is 6.08. The lowest BCUT2D eigenvalue weighted by Gasteiger charge is -2.37. The number of amides is 1. The van der Waals surface area contributed by atoms with Crippen LogP contribution in [0.2, 0.25) is 5.02 Å². The molecule has 1 N–H and O–H groups in total. The lowest BCUT2D eigenvalue weighted by Crippen LogP contribution is -2.49. The minimum absolute atomic E-state index is 0.164. The zero-order valence-corrected chi connectivity index (χ0v) is 14.6. The van der Waals surface area contributed by atoms with E-state index < -0.39 is 0 Å². The van der Waals surface area contributed by atoms with E-state index in [1.165, 1.54) is 0 Å². The lowest BCUT2D eigenvalue weighted by molar-refractivity contribution is -0.130. The van der Waals surface area contributed by atoms with Crippen LogP contribution in [0.15, 0.2) is 30.9 Å². The predicted octanol–water partition coefficient (Wildman–Crippen LogP) is 3.25. The molecule has 5 heteroatoms. The van der Waals surface area contributed by atoms with E-state index >= 15 is 0 Å². The number of nitrogens with zero attached hydrogens (tertiary/aromatic N) is 1. The number of likely N-dealkylation sites (tertiary alicyclic amines) is 1. The quantitative estimate of drug-likeness (QED) is 0.811. The number of piperidine rings is 1. The fraction of sp³-hybridized carbons (Fsp3) is 0.500. The summed E-state index contributed by atoms with van der Waals surface area (Å²) in [5.74, 6) is 1.29. The monoisotopic (exact) mass is 336 g/mol. The smallest absolute Gasteiger partial charge is 0.219 e. The largest absolute Gasteiger partial charge is 0.488 e. The van der Waals surface area contributed by atoms with Crippen LogP contribution in [-0.4, -0.2) is 36.5 Å². The molecule has 1 aliphatic rings. The first kappa shape index (κ1) is 17.8. The van der Waals surface area contributed by atoms with Crippen molar-refractivity contribution in [3.8, 4) is 5.75 Å². The number of ether oxygens (including phenoxy) is 1. The van der Waals surface area contributed by atoms with Crippen molar-refractivity contribution in [3.05, 3.63) is 41.4 Å². The predicted molar refractivity (Wildman–Crippen MR) is 93.8 cm³/mol. The fourth-order valence-corrected chi connectivity index (χ4v) is 3.16. The van der Waals surface area contributed by atoms with Gasteiger partial charge >= 0.3 is 0 Å². The van der Waals surface area contributed by atoms with Gasteiger partial charge in [0.05, 0.1) is 5.02 Å². The standard InChI is InChI=1S/C18H25ClN2O2/c1-4-9-23-18-6-5-15(10-16(18)19)11-20-17-7-8-21(14(3)22)12-13(17)2/h4-6,10,13,17,20H,1,7-9,11-12H2,2-3H3/t13-,17+/m1/s1. The van der Waals surface area contributed by atoms with E-state index in [1.807, 2.05) is 23.1 Å². The molecule has 1 saturated heterocycles. The number of carbonyl (C=O) groups excluding carboxylic acids is 1. The zero-order valence-electron chi connectivity index (χ0n) is 13.8. The van der Waals surface area contributed by atoms with E-state index in [4.69, 9.17) is 16.3 Å². The summed E-state index contributed by atoms with van der Waals surface area (Å²) in [6, 6.07) is 6.26. The molecule has 1 heterocycles. The summed E-state index contributed by atoms with van der Waals surface area (Å²) in [4.78, 5) is 13.4. The molecule has 4 nitrogen and oxygen atoms in total. The second-order valence-corrected chi connectivity index (χ2v) is 6.49. The minimum atomic E-state index is 0.164. The molecular weight excluding hydrogens is 312 g/mol. The molecule has 23 heavy (non-hydrogen) atoms. The molecule has 0 bridgehead atoms. The van der Waals surface area contributed by atoms with Crippen molar-refractivity contribution in [1.29, 1.82) is 0 Å². The highest BCUT2D eigenvalue weighted by atomic mass is 35.5. The first-order valence-electron chi connectivity index (χ1n) is 8.02. The Morgan fingerprint density at radius 2 is 2.35 bits per heavy atom. The van der Waals surface area contributed by atoms with Crippen molar-refractivity contribution in [3.63, 3.8) is 0 Å². The van der Waals surface area contributed by atoms with Crippen LogP contribution in [0.25, 0.3) is 0 Å². The van der Waals surface area contributed by atoms with Gasteiger partial charge in [0.15, 0.2) is 0 Å². The average molecular weight is 337 g/mol. The van der Waals surface area contributed by atoms with E-state index in [0.29, 0.717) is 29.3 Å². The van der Waals surface area contributed by atoms with Gasteiger partial charge in [0, 0.05) is 32.6 Å². The van der Waals surface area contributed by atoms with Crippen LogP contribution in [0.5, 0.6) is 5.75 Å². The van der Waals surface area contributed by atoms with Crippen LogP contribution >= 0.6 is 11.6 Å². The van der Waals surface area contributed by atoms with Crippen LogP contribution in [0.3, 0.4) is 0 Å². The highest BCUT2D eigenvalue weighted by Crippen LogP contribution is 2.26. The molecule has 1 aromatic rings. The molecule has 0 saturated carbocycles. The number of hydrogen-bond donors (Lipinski definition) is 1. The molecule has 2 rings (SSSR count). The maximum Gasteiger partial charge on any atom is 0.219 e. The Morgan fingerprint density at radius 1 is 1.57 bits per heavy atom. The van der Waals surface area contributed by atoms with Gasteiger partial charge in [-0.25, -0.2) is 0 Å². The molecule has 1 amide bonds. The minimum Gasteiger partial charge on any atom is -0.488 e. The van der Waals surface area contributed by atoms with Crippen LogP contribution in [0.4, 0.5) is 0 Å². The van der Waals surface area contributed by atoms with E-state index in [1.54, 1.807) is 13.0 Å². The van der Waals surface area contributed by atoms with E-state index in [2.05, 4.69) is 18.8 Å². The highest BCUT2D eigenvalue weighted by molar-refractivity contribution is 6.32. The molecular formula is C18H25ClN2O2. The molecule has 1 fully saturated rings. The number of hydrogen-bond acceptors (Lipinski definition) is 3. The first-order valence-corrected chi connectivity index (χ1v) is 8.40. The molecule has 0 unspecified atom stereocenters. The Morgan fingerprint density at radius 3 is 2.96 bits per heavy atom. The summed E-state index contributed by atoms with van der Waals surface area (Å²) < 4.78 is 5.48. The van der Waals surface area contributed by atoms with Crippen molar-refractivity contribution < 1.29 is 9.53 Å². The maximum atomic E-state index is 11.4. The van der Waals surface area contributed by atoms with Gasteiger partial charge in [0.25, 0.3) is 0 Å². The second kappa shape index (κ2) is 8.37. The van der Waals surface area contributed by atoms with E-state index in [0.717, 1.165) is 31.6 Å². The summed E-state index contributed by atoms with van der Waals surface area (Å²) in [5, 5.41) is 4.20. The molecule has 1 aromatic carbocycles. The van der Waals surface area contributed by atoms with Crippen molar-refractivity contribution >= 4 is 17.5 Å². The van der Waals surface area contributed by atoms with Gasteiger partial charge in [0.2, 0.25) is 5.91 Å². The normalized spacial score (nSPS) is 21.1. The van der Waals surface area contributed by atoms with E-state index in [-0.39, 0.29) is 5.91 Å². The fourth-order valence-electron chi connectivity index (χ4n) is 2.90. The summed E-state index contributed by atoms with van der Waals surface area (Å²) in [7, 11) is 0. The Bertz CT molecular complexity index is 562. The van der Waals surface area contributed by atoms with Crippen molar-refractivity contribution in [2.24, 2.45) is 5.92 Å². The third-order valence-corrected chi connectivity index (χ3v) is 4.57. The lowest BCUT2D eigenvalue weighted by atomic mass is 9.93. The van der Waals surface area contributed by atoms with Crippen molar-refractivity contribution in [2.75, 3.05) is 19.7 Å². The molecule has 0 aliphatic carbocycles. The van der Waals surface area contributed by atoms with Crippen molar-refractivity contribution in [1.82, 2.24) is 10.2 Å². The van der Waals surface area contributed by atoms with Gasteiger partial charge < -0.3 is 15.0 Å². The van der Waals surface area contributed by atoms with Gasteiger partial charge in [0.1, 0.15) is 12.4 Å². The summed E-state index contributed by atoms with van der Waals surface area (Å²) >= 11 is 6.24. The molecule has 0 radical (unpaired) electrons. The summed E-state index contributed by atoms with van der Waals surface area (Å²) in [6.45, 7) is 10.3. The van der Waals surface area contributed by atoms with Crippen LogP contribution in [0.1, 0.15) is 25.8 Å². The average Bonchev–Trinajstić information content (AvgIpc) is 2.52. The van der Waals surface area contributed by atoms with Gasteiger partial charge in [-0.15, -0.1) is 0 Å². The number of halogens is 1. The molecule has 126 valence electrons. The van der Waals surface area contributed by atoms with Gasteiger partial charge in [-0.05, 0) is 30.0 Å². The first-order chi connectivity index (χ1) is 11.0. The Balaban J connectivity index is 1.87. The highest BCUT2D eigenvalue weighted by Gasteiger charge is 2.26. The van der Waals surface area contributed by atoms with Crippen LogP contribution in [0, 0.1) is 5.92 Å². The summed E-state index contributed by atoms with van der Waals surface area (Å²) in [5.41, 5.74) is 1.13. The number of carbonyl (C=O) groups is 1. The Hall–Kier alpha value is -1.52. The topological polar surface area (TPSA) is 41.6 Å². The molecule has 1 aliphatic heterocycles. The molecule has 0 spiro atoms. The van der Waals surface area contributed by atoms with Gasteiger partial charge in [-0.1, -0.05) is 37.2 Å². The third kappa shape index (κ3) is 4.98. The maximum absolute atomic E-state index is 11.4. The zero-order chi connectivity index (χ0) is 16.8. The van der Waals surface area contributed by atoms with Gasteiger partial charge in [-0.2, -0.15) is 0 Å². The van der Waals surface area contributed by atoms with Crippen LogP contribution in [-0.2, 0) is 11.3 Å². The summed E-state index contributed by atoms with van der Waals surface area (Å²) in [6.07, 6.45) is 2.68. The van der Waals surface area contributed by atoms with Crippen molar-refractivity contribution in [2.45, 2.75) is 32.9 Å². The molecule has 0 aromatic heterocycles. The number of rotatable bonds is 6. The third-order valence-electron chi connectivity index (χ3n) is 4.27. The van der Waals surface area contributed by atoms with Crippen LogP contribution < -0.4 is 10.1 Å². The SMILES string of the molecule is C=CCOc1ccc(CN[C@H]2CCN(C(C)=O)C[C@H]2C)cc1Cl. The Labute approximate surface area is 143 Å². The number of benzene rings is 1.